The fourth-order valence-electron chi connectivity index (χ4n) is 1.70. The zero-order chi connectivity index (χ0) is 13.7. The Morgan fingerprint density at radius 3 is 2.95 bits per heavy atom. The van der Waals surface area contributed by atoms with Gasteiger partial charge in [-0.05, 0) is 18.6 Å². The molecule has 0 radical (unpaired) electrons. The quantitative estimate of drug-likeness (QED) is 0.478. The van der Waals surface area contributed by atoms with E-state index in [1.165, 1.54) is 6.20 Å². The fraction of sp³-hybridized carbons (Fsp3) is 0.250. The van der Waals surface area contributed by atoms with Gasteiger partial charge in [0.25, 0.3) is 5.91 Å². The van der Waals surface area contributed by atoms with Crippen LogP contribution in [0, 0.1) is 0 Å². The molecule has 2 aromatic heterocycles. The number of nitrogen functional groups attached to an aromatic ring is 1. The van der Waals surface area contributed by atoms with Crippen molar-refractivity contribution in [2.45, 2.75) is 19.8 Å². The predicted octanol–water partition coefficient (Wildman–Crippen LogP) is 1.30. The monoisotopic (exact) mass is 260 g/mol. The molecule has 0 fully saturated rings. The van der Waals surface area contributed by atoms with Gasteiger partial charge in [0.05, 0.1) is 11.9 Å². The molecule has 0 aliphatic carbocycles. The van der Waals surface area contributed by atoms with E-state index < -0.39 is 0 Å². The fourth-order valence-corrected chi connectivity index (χ4v) is 1.70. The minimum absolute atomic E-state index is 0.224. The van der Waals surface area contributed by atoms with Crippen LogP contribution in [0.25, 0.3) is 0 Å². The van der Waals surface area contributed by atoms with Crippen LogP contribution >= 0.6 is 0 Å². The first-order chi connectivity index (χ1) is 9.22. The summed E-state index contributed by atoms with van der Waals surface area (Å²) in [5.41, 5.74) is 4.42. The van der Waals surface area contributed by atoms with Crippen LogP contribution in [0.4, 0.5) is 11.5 Å². The SMILES string of the molecule is CCCc1cc(C(=O)Nc2cn[nH]c2)cc(NN)n1. The summed E-state index contributed by atoms with van der Waals surface area (Å²) in [5.74, 6) is 5.61. The third-order valence-corrected chi connectivity index (χ3v) is 2.55. The number of pyridine rings is 1. The van der Waals surface area contributed by atoms with Crippen molar-refractivity contribution < 1.29 is 4.79 Å². The number of aromatic amines is 1. The molecule has 7 nitrogen and oxygen atoms in total. The smallest absolute Gasteiger partial charge is 0.255 e. The highest BCUT2D eigenvalue weighted by atomic mass is 16.1. The van der Waals surface area contributed by atoms with E-state index in [2.05, 4.69) is 32.8 Å². The molecule has 0 atom stereocenters. The highest BCUT2D eigenvalue weighted by Crippen LogP contribution is 2.13. The number of anilines is 2. The molecule has 7 heteroatoms. The lowest BCUT2D eigenvalue weighted by molar-refractivity contribution is 0.102. The summed E-state index contributed by atoms with van der Waals surface area (Å²) in [5, 5.41) is 9.13. The summed E-state index contributed by atoms with van der Waals surface area (Å²) in [6, 6.07) is 3.37. The standard InChI is InChI=1S/C12H16N6O/c1-2-3-9-4-8(5-11(16-9)18-13)12(19)17-10-6-14-15-7-10/h4-7H,2-3,13H2,1H3,(H,14,15)(H,16,18)(H,17,19). The second kappa shape index (κ2) is 5.96. The Kier molecular flexibility index (Phi) is 4.09. The number of hydrogen-bond acceptors (Lipinski definition) is 5. The van der Waals surface area contributed by atoms with Crippen molar-refractivity contribution in [1.82, 2.24) is 15.2 Å². The van der Waals surface area contributed by atoms with Gasteiger partial charge in [-0.15, -0.1) is 0 Å². The maximum atomic E-state index is 12.1. The summed E-state index contributed by atoms with van der Waals surface area (Å²) in [6.07, 6.45) is 4.88. The summed E-state index contributed by atoms with van der Waals surface area (Å²) >= 11 is 0. The molecular weight excluding hydrogens is 244 g/mol. The van der Waals surface area contributed by atoms with E-state index in [9.17, 15) is 4.79 Å². The van der Waals surface area contributed by atoms with Gasteiger partial charge in [0, 0.05) is 17.5 Å². The summed E-state index contributed by atoms with van der Waals surface area (Å²) in [4.78, 5) is 16.4. The van der Waals surface area contributed by atoms with Crippen molar-refractivity contribution in [2.24, 2.45) is 5.84 Å². The van der Waals surface area contributed by atoms with Crippen molar-refractivity contribution >= 4 is 17.4 Å². The molecule has 1 amide bonds. The Labute approximate surface area is 110 Å². The molecule has 2 rings (SSSR count). The minimum Gasteiger partial charge on any atom is -0.319 e. The molecule has 0 spiro atoms. The van der Waals surface area contributed by atoms with Crippen molar-refractivity contribution in [3.8, 4) is 0 Å². The van der Waals surface area contributed by atoms with E-state index in [0.717, 1.165) is 18.5 Å². The first kappa shape index (κ1) is 13.0. The number of aromatic nitrogens is 3. The minimum atomic E-state index is -0.224. The van der Waals surface area contributed by atoms with E-state index in [0.29, 0.717) is 17.1 Å². The first-order valence-corrected chi connectivity index (χ1v) is 6.00. The van der Waals surface area contributed by atoms with E-state index in [1.807, 2.05) is 0 Å². The van der Waals surface area contributed by atoms with Crippen molar-refractivity contribution in [3.63, 3.8) is 0 Å². The zero-order valence-corrected chi connectivity index (χ0v) is 10.6. The molecular formula is C12H16N6O. The van der Waals surface area contributed by atoms with E-state index in [-0.39, 0.29) is 5.91 Å². The first-order valence-electron chi connectivity index (χ1n) is 6.00. The Morgan fingerprint density at radius 2 is 2.32 bits per heavy atom. The second-order valence-corrected chi connectivity index (χ2v) is 4.07. The maximum absolute atomic E-state index is 12.1. The van der Waals surface area contributed by atoms with Gasteiger partial charge in [0.1, 0.15) is 5.82 Å². The number of hydrogen-bond donors (Lipinski definition) is 4. The molecule has 0 aliphatic rings. The maximum Gasteiger partial charge on any atom is 0.255 e. The third-order valence-electron chi connectivity index (χ3n) is 2.55. The molecule has 0 aliphatic heterocycles. The Morgan fingerprint density at radius 1 is 1.47 bits per heavy atom. The van der Waals surface area contributed by atoms with Gasteiger partial charge in [-0.25, -0.2) is 10.8 Å². The largest absolute Gasteiger partial charge is 0.319 e. The number of carbonyl (C=O) groups excluding carboxylic acids is 1. The number of aryl methyl sites for hydroxylation is 1. The topological polar surface area (TPSA) is 109 Å². The predicted molar refractivity (Wildman–Crippen MR) is 72.6 cm³/mol. The number of nitrogens with one attached hydrogen (secondary N) is 3. The van der Waals surface area contributed by atoms with Crippen LogP contribution in [-0.2, 0) is 6.42 Å². The molecule has 2 aromatic rings. The van der Waals surface area contributed by atoms with Gasteiger partial charge >= 0.3 is 0 Å². The average Bonchev–Trinajstić information content (AvgIpc) is 2.91. The molecule has 0 saturated carbocycles. The summed E-state index contributed by atoms with van der Waals surface area (Å²) in [7, 11) is 0. The van der Waals surface area contributed by atoms with Gasteiger partial charge in [-0.2, -0.15) is 5.10 Å². The normalized spacial score (nSPS) is 10.2. The molecule has 0 aromatic carbocycles. The molecule has 0 unspecified atom stereocenters. The van der Waals surface area contributed by atoms with Crippen LogP contribution in [0.5, 0.6) is 0 Å². The highest BCUT2D eigenvalue weighted by molar-refractivity contribution is 6.04. The van der Waals surface area contributed by atoms with Crippen LogP contribution in [-0.4, -0.2) is 21.1 Å². The molecule has 0 bridgehead atoms. The van der Waals surface area contributed by atoms with Crippen LogP contribution in [0.1, 0.15) is 29.4 Å². The van der Waals surface area contributed by atoms with Crippen LogP contribution in [0.3, 0.4) is 0 Å². The molecule has 0 saturated heterocycles. The number of H-pyrrole nitrogens is 1. The lowest BCUT2D eigenvalue weighted by Crippen LogP contribution is -2.15. The second-order valence-electron chi connectivity index (χ2n) is 4.07. The number of nitrogens with zero attached hydrogens (tertiary/aromatic N) is 2. The molecule has 100 valence electrons. The van der Waals surface area contributed by atoms with E-state index in [4.69, 9.17) is 5.84 Å². The number of hydrazine groups is 1. The van der Waals surface area contributed by atoms with Crippen molar-refractivity contribution in [3.05, 3.63) is 35.8 Å². The van der Waals surface area contributed by atoms with Crippen LogP contribution in [0.2, 0.25) is 0 Å². The van der Waals surface area contributed by atoms with Crippen molar-refractivity contribution in [1.29, 1.82) is 0 Å². The van der Waals surface area contributed by atoms with Gasteiger partial charge in [0.2, 0.25) is 0 Å². The van der Waals surface area contributed by atoms with Gasteiger partial charge in [-0.3, -0.25) is 9.89 Å². The van der Waals surface area contributed by atoms with E-state index >= 15 is 0 Å². The number of rotatable bonds is 5. The highest BCUT2D eigenvalue weighted by Gasteiger charge is 2.10. The third kappa shape index (κ3) is 3.29. The lowest BCUT2D eigenvalue weighted by atomic mass is 10.1. The molecule has 19 heavy (non-hydrogen) atoms. The summed E-state index contributed by atoms with van der Waals surface area (Å²) < 4.78 is 0. The lowest BCUT2D eigenvalue weighted by Gasteiger charge is -2.08. The van der Waals surface area contributed by atoms with Crippen LogP contribution < -0.4 is 16.6 Å². The van der Waals surface area contributed by atoms with Crippen LogP contribution in [0.15, 0.2) is 24.5 Å². The molecule has 2 heterocycles. The Hall–Kier alpha value is -2.41. The number of nitrogens with two attached hydrogens (primary N) is 1. The zero-order valence-electron chi connectivity index (χ0n) is 10.6. The number of carbonyl (C=O) groups is 1. The number of amides is 1. The van der Waals surface area contributed by atoms with Crippen molar-refractivity contribution in [2.75, 3.05) is 10.7 Å². The summed E-state index contributed by atoms with van der Waals surface area (Å²) in [6.45, 7) is 2.05. The van der Waals surface area contributed by atoms with Gasteiger partial charge in [0.15, 0.2) is 0 Å². The van der Waals surface area contributed by atoms with E-state index in [1.54, 1.807) is 18.3 Å². The Bertz CT molecular complexity index is 551. The Balaban J connectivity index is 2.22. The molecule has 5 N–H and O–H groups in total. The van der Waals surface area contributed by atoms with Gasteiger partial charge < -0.3 is 10.7 Å². The van der Waals surface area contributed by atoms with Gasteiger partial charge in [-0.1, -0.05) is 13.3 Å². The average molecular weight is 260 g/mol.